The first kappa shape index (κ1) is 14.1. The van der Waals surface area contributed by atoms with E-state index < -0.39 is 0 Å². The van der Waals surface area contributed by atoms with E-state index in [1.54, 1.807) is 28.4 Å². The summed E-state index contributed by atoms with van der Waals surface area (Å²) in [6.45, 7) is 10.9. The SMILES string of the molecule is C=CCN(CC=C)C(=O)c1csc2c1CCC(C)C2. The molecule has 19 heavy (non-hydrogen) atoms. The second-order valence-corrected chi connectivity index (χ2v) is 6.15. The molecule has 0 spiro atoms. The van der Waals surface area contributed by atoms with Crippen LogP contribution in [0.15, 0.2) is 30.7 Å². The highest BCUT2D eigenvalue weighted by atomic mass is 32.1. The molecule has 102 valence electrons. The average Bonchev–Trinajstić information content (AvgIpc) is 2.80. The van der Waals surface area contributed by atoms with Crippen LogP contribution in [0.4, 0.5) is 0 Å². The molecule has 0 saturated carbocycles. The zero-order chi connectivity index (χ0) is 13.8. The molecule has 0 bridgehead atoms. The van der Waals surface area contributed by atoms with Gasteiger partial charge in [0, 0.05) is 23.3 Å². The summed E-state index contributed by atoms with van der Waals surface area (Å²) < 4.78 is 0. The minimum atomic E-state index is 0.117. The Kier molecular flexibility index (Phi) is 4.59. The van der Waals surface area contributed by atoms with Crippen molar-refractivity contribution in [2.24, 2.45) is 5.92 Å². The van der Waals surface area contributed by atoms with Crippen molar-refractivity contribution in [3.05, 3.63) is 46.7 Å². The highest BCUT2D eigenvalue weighted by Gasteiger charge is 2.25. The van der Waals surface area contributed by atoms with E-state index in [0.717, 1.165) is 24.3 Å². The van der Waals surface area contributed by atoms with Gasteiger partial charge in [-0.25, -0.2) is 0 Å². The molecule has 1 heterocycles. The van der Waals surface area contributed by atoms with Gasteiger partial charge in [-0.15, -0.1) is 24.5 Å². The molecule has 1 atom stereocenters. The van der Waals surface area contributed by atoms with Crippen LogP contribution < -0.4 is 0 Å². The Labute approximate surface area is 119 Å². The summed E-state index contributed by atoms with van der Waals surface area (Å²) in [6.07, 6.45) is 6.88. The number of fused-ring (bicyclic) bond motifs is 1. The van der Waals surface area contributed by atoms with E-state index >= 15 is 0 Å². The van der Waals surface area contributed by atoms with Gasteiger partial charge in [0.05, 0.1) is 5.56 Å². The summed E-state index contributed by atoms with van der Waals surface area (Å²) in [7, 11) is 0. The topological polar surface area (TPSA) is 20.3 Å². The lowest BCUT2D eigenvalue weighted by Gasteiger charge is -2.22. The lowest BCUT2D eigenvalue weighted by Crippen LogP contribution is -2.32. The number of amides is 1. The largest absolute Gasteiger partial charge is 0.331 e. The number of thiophene rings is 1. The van der Waals surface area contributed by atoms with Crippen LogP contribution in [0.25, 0.3) is 0 Å². The predicted molar refractivity (Wildman–Crippen MR) is 81.8 cm³/mol. The molecule has 0 N–H and O–H groups in total. The Morgan fingerprint density at radius 1 is 1.47 bits per heavy atom. The molecule has 2 nitrogen and oxygen atoms in total. The van der Waals surface area contributed by atoms with Gasteiger partial charge in [0.1, 0.15) is 0 Å². The van der Waals surface area contributed by atoms with Crippen LogP contribution in [0.2, 0.25) is 0 Å². The summed E-state index contributed by atoms with van der Waals surface area (Å²) in [6, 6.07) is 0. The third-order valence-corrected chi connectivity index (χ3v) is 4.67. The van der Waals surface area contributed by atoms with Crippen molar-refractivity contribution in [1.82, 2.24) is 4.90 Å². The van der Waals surface area contributed by atoms with E-state index in [2.05, 4.69) is 20.1 Å². The molecule has 0 aromatic carbocycles. The number of hydrogen-bond acceptors (Lipinski definition) is 2. The van der Waals surface area contributed by atoms with Crippen LogP contribution in [0.1, 0.15) is 34.1 Å². The molecular weight excluding hydrogens is 254 g/mol. The minimum absolute atomic E-state index is 0.117. The molecule has 1 amide bonds. The summed E-state index contributed by atoms with van der Waals surface area (Å²) in [5.74, 6) is 0.860. The zero-order valence-corrected chi connectivity index (χ0v) is 12.3. The van der Waals surface area contributed by atoms with Crippen molar-refractivity contribution in [3.63, 3.8) is 0 Å². The van der Waals surface area contributed by atoms with Gasteiger partial charge >= 0.3 is 0 Å². The van der Waals surface area contributed by atoms with Gasteiger partial charge in [0.15, 0.2) is 0 Å². The summed E-state index contributed by atoms with van der Waals surface area (Å²) in [4.78, 5) is 15.8. The Morgan fingerprint density at radius 2 is 2.16 bits per heavy atom. The molecular formula is C16H21NOS. The van der Waals surface area contributed by atoms with Gasteiger partial charge in [-0.05, 0) is 30.7 Å². The quantitative estimate of drug-likeness (QED) is 0.751. The van der Waals surface area contributed by atoms with Crippen LogP contribution >= 0.6 is 11.3 Å². The third kappa shape index (κ3) is 2.98. The highest BCUT2D eigenvalue weighted by molar-refractivity contribution is 7.10. The van der Waals surface area contributed by atoms with Crippen molar-refractivity contribution < 1.29 is 4.79 Å². The smallest absolute Gasteiger partial charge is 0.255 e. The summed E-state index contributed by atoms with van der Waals surface area (Å²) in [5.41, 5.74) is 2.18. The van der Waals surface area contributed by atoms with E-state index in [1.807, 2.05) is 5.38 Å². The maximum atomic E-state index is 12.6. The van der Waals surface area contributed by atoms with Crippen LogP contribution in [0, 0.1) is 5.92 Å². The van der Waals surface area contributed by atoms with E-state index in [0.29, 0.717) is 13.1 Å². The van der Waals surface area contributed by atoms with E-state index in [1.165, 1.54) is 16.9 Å². The van der Waals surface area contributed by atoms with Crippen molar-refractivity contribution in [2.45, 2.75) is 26.2 Å². The highest BCUT2D eigenvalue weighted by Crippen LogP contribution is 2.33. The predicted octanol–water partition coefficient (Wildman–Crippen LogP) is 3.69. The first-order valence-electron chi connectivity index (χ1n) is 6.77. The molecule has 0 fully saturated rings. The summed E-state index contributed by atoms with van der Waals surface area (Å²) in [5, 5.41) is 2.03. The van der Waals surface area contributed by atoms with Crippen molar-refractivity contribution in [2.75, 3.05) is 13.1 Å². The van der Waals surface area contributed by atoms with Gasteiger partial charge in [-0.1, -0.05) is 19.1 Å². The second kappa shape index (κ2) is 6.20. The van der Waals surface area contributed by atoms with Gasteiger partial charge in [0.2, 0.25) is 0 Å². The lowest BCUT2D eigenvalue weighted by molar-refractivity contribution is 0.0790. The standard InChI is InChI=1S/C16H21NOS/c1-4-8-17(9-5-2)16(18)14-11-19-15-10-12(3)6-7-13(14)15/h4-5,11-12H,1-2,6-10H2,3H3. The Bertz CT molecular complexity index is 479. The molecule has 3 heteroatoms. The Balaban J connectivity index is 2.23. The fourth-order valence-corrected chi connectivity index (χ4v) is 3.82. The monoisotopic (exact) mass is 275 g/mol. The van der Waals surface area contributed by atoms with Crippen molar-refractivity contribution >= 4 is 17.2 Å². The minimum Gasteiger partial charge on any atom is -0.331 e. The fraction of sp³-hybridized carbons (Fsp3) is 0.438. The van der Waals surface area contributed by atoms with Crippen LogP contribution in [-0.2, 0) is 12.8 Å². The summed E-state index contributed by atoms with van der Waals surface area (Å²) >= 11 is 1.74. The molecule has 0 aliphatic heterocycles. The maximum Gasteiger partial charge on any atom is 0.255 e. The maximum absolute atomic E-state index is 12.6. The molecule has 1 unspecified atom stereocenters. The number of nitrogens with zero attached hydrogens (tertiary/aromatic N) is 1. The van der Waals surface area contributed by atoms with Crippen molar-refractivity contribution in [3.8, 4) is 0 Å². The number of carbonyl (C=O) groups is 1. The number of carbonyl (C=O) groups excluding carboxylic acids is 1. The van der Waals surface area contributed by atoms with E-state index in [-0.39, 0.29) is 5.91 Å². The lowest BCUT2D eigenvalue weighted by atomic mass is 9.88. The Hall–Kier alpha value is -1.35. The van der Waals surface area contributed by atoms with Crippen LogP contribution in [0.3, 0.4) is 0 Å². The van der Waals surface area contributed by atoms with Crippen LogP contribution in [-0.4, -0.2) is 23.9 Å². The first-order chi connectivity index (χ1) is 9.17. The molecule has 0 radical (unpaired) electrons. The number of hydrogen-bond donors (Lipinski definition) is 0. The van der Waals surface area contributed by atoms with Gasteiger partial charge in [-0.3, -0.25) is 4.79 Å². The van der Waals surface area contributed by atoms with E-state index in [4.69, 9.17) is 0 Å². The molecule has 1 aromatic heterocycles. The number of rotatable bonds is 5. The second-order valence-electron chi connectivity index (χ2n) is 5.19. The molecule has 1 aliphatic rings. The first-order valence-corrected chi connectivity index (χ1v) is 7.65. The molecule has 2 rings (SSSR count). The molecule has 1 aliphatic carbocycles. The average molecular weight is 275 g/mol. The van der Waals surface area contributed by atoms with Crippen molar-refractivity contribution in [1.29, 1.82) is 0 Å². The van der Waals surface area contributed by atoms with E-state index in [9.17, 15) is 4.79 Å². The van der Waals surface area contributed by atoms with Gasteiger partial charge in [-0.2, -0.15) is 0 Å². The normalized spacial score (nSPS) is 17.6. The van der Waals surface area contributed by atoms with Gasteiger partial charge in [0.25, 0.3) is 5.91 Å². The van der Waals surface area contributed by atoms with Crippen LogP contribution in [0.5, 0.6) is 0 Å². The van der Waals surface area contributed by atoms with Gasteiger partial charge < -0.3 is 4.90 Å². The molecule has 0 saturated heterocycles. The zero-order valence-electron chi connectivity index (χ0n) is 11.5. The molecule has 1 aromatic rings. The third-order valence-electron chi connectivity index (χ3n) is 3.62. The fourth-order valence-electron chi connectivity index (χ4n) is 2.58. The Morgan fingerprint density at radius 3 is 2.79 bits per heavy atom.